The Balaban J connectivity index is 0.00000180. The molecule has 0 aromatic heterocycles. The minimum atomic E-state index is -0.0585. The summed E-state index contributed by atoms with van der Waals surface area (Å²) in [6.45, 7) is 2.16. The largest absolute Gasteiger partial charge is 0.493 e. The molecule has 1 heterocycles. The fourth-order valence-electron chi connectivity index (χ4n) is 2.25. The highest BCUT2D eigenvalue weighted by molar-refractivity contribution is 5.85. The van der Waals surface area contributed by atoms with Crippen LogP contribution in [0.15, 0.2) is 24.3 Å². The third-order valence-electron chi connectivity index (χ3n) is 3.33. The number of fused-ring (bicyclic) bond motifs is 1. The average Bonchev–Trinajstić information content (AvgIpc) is 2.43. The maximum atomic E-state index is 12.4. The van der Waals surface area contributed by atoms with E-state index >= 15 is 0 Å². The third-order valence-corrected chi connectivity index (χ3v) is 3.33. The van der Waals surface area contributed by atoms with Crippen molar-refractivity contribution >= 4 is 18.3 Å². The molecule has 0 saturated heterocycles. The Morgan fingerprint density at radius 1 is 1.47 bits per heavy atom. The number of halogens is 1. The Hall–Kier alpha value is -1.26. The second-order valence-corrected chi connectivity index (χ2v) is 4.59. The fourth-order valence-corrected chi connectivity index (χ4v) is 2.25. The second-order valence-electron chi connectivity index (χ2n) is 4.59. The number of ether oxygens (including phenoxy) is 1. The van der Waals surface area contributed by atoms with Crippen LogP contribution in [0.1, 0.15) is 17.9 Å². The van der Waals surface area contributed by atoms with Crippen molar-refractivity contribution in [2.75, 3.05) is 33.8 Å². The van der Waals surface area contributed by atoms with Crippen molar-refractivity contribution in [3.8, 4) is 5.75 Å². The van der Waals surface area contributed by atoms with Gasteiger partial charge >= 0.3 is 0 Å². The Kier molecular flexibility index (Phi) is 6.12. The first-order valence-electron chi connectivity index (χ1n) is 6.35. The molecule has 106 valence electrons. The zero-order chi connectivity index (χ0) is 13.0. The van der Waals surface area contributed by atoms with E-state index in [1.807, 2.05) is 38.4 Å². The summed E-state index contributed by atoms with van der Waals surface area (Å²) in [5, 5.41) is 3.06. The number of likely N-dealkylation sites (N-methyl/N-ethyl adjacent to an activating group) is 2. The Bertz CT molecular complexity index is 426. The van der Waals surface area contributed by atoms with Gasteiger partial charge in [0.2, 0.25) is 5.91 Å². The Morgan fingerprint density at radius 3 is 2.95 bits per heavy atom. The number of benzene rings is 1. The first-order valence-corrected chi connectivity index (χ1v) is 6.35. The molecular formula is C14H21ClN2O2. The number of para-hydroxylation sites is 1. The summed E-state index contributed by atoms with van der Waals surface area (Å²) in [5.74, 6) is 0.974. The van der Waals surface area contributed by atoms with Crippen molar-refractivity contribution in [2.24, 2.45) is 0 Å². The van der Waals surface area contributed by atoms with Crippen LogP contribution in [0.3, 0.4) is 0 Å². The van der Waals surface area contributed by atoms with Crippen LogP contribution in [0.4, 0.5) is 0 Å². The lowest BCUT2D eigenvalue weighted by atomic mass is 9.92. The lowest BCUT2D eigenvalue weighted by molar-refractivity contribution is -0.132. The number of carbonyl (C=O) groups is 1. The highest BCUT2D eigenvalue weighted by Gasteiger charge is 2.29. The topological polar surface area (TPSA) is 41.6 Å². The molecule has 1 aliphatic heterocycles. The van der Waals surface area contributed by atoms with Gasteiger partial charge in [0.15, 0.2) is 0 Å². The normalized spacial score (nSPS) is 16.8. The number of nitrogens with one attached hydrogen (secondary N) is 1. The molecule has 0 aliphatic carbocycles. The molecule has 19 heavy (non-hydrogen) atoms. The fraction of sp³-hybridized carbons (Fsp3) is 0.500. The number of carbonyl (C=O) groups excluding carboxylic acids is 1. The molecule has 2 rings (SSSR count). The highest BCUT2D eigenvalue weighted by atomic mass is 35.5. The monoisotopic (exact) mass is 284 g/mol. The predicted octanol–water partition coefficient (Wildman–Crippen LogP) is 1.65. The van der Waals surface area contributed by atoms with Crippen LogP contribution < -0.4 is 10.1 Å². The summed E-state index contributed by atoms with van der Waals surface area (Å²) in [6, 6.07) is 7.82. The predicted molar refractivity (Wildman–Crippen MR) is 78.1 cm³/mol. The van der Waals surface area contributed by atoms with Gasteiger partial charge in [-0.25, -0.2) is 0 Å². The van der Waals surface area contributed by atoms with Gasteiger partial charge in [-0.3, -0.25) is 4.79 Å². The smallest absolute Gasteiger partial charge is 0.230 e. The van der Waals surface area contributed by atoms with Gasteiger partial charge in [-0.2, -0.15) is 0 Å². The van der Waals surface area contributed by atoms with Crippen molar-refractivity contribution in [3.05, 3.63) is 29.8 Å². The molecule has 1 aromatic rings. The molecule has 1 atom stereocenters. The SMILES string of the molecule is CNCCN(C)C(=O)C1CCOc2ccccc21.Cl. The van der Waals surface area contributed by atoms with E-state index in [2.05, 4.69) is 5.32 Å². The lowest BCUT2D eigenvalue weighted by Gasteiger charge is -2.28. The van der Waals surface area contributed by atoms with Gasteiger partial charge in [0, 0.05) is 25.7 Å². The second kappa shape index (κ2) is 7.36. The summed E-state index contributed by atoms with van der Waals surface area (Å²) in [4.78, 5) is 14.2. The van der Waals surface area contributed by atoms with Crippen molar-refractivity contribution in [3.63, 3.8) is 0 Å². The summed E-state index contributed by atoms with van der Waals surface area (Å²) in [7, 11) is 3.75. The van der Waals surface area contributed by atoms with Gasteiger partial charge in [0.1, 0.15) is 5.75 Å². The van der Waals surface area contributed by atoms with Crippen LogP contribution in [-0.4, -0.2) is 44.6 Å². The van der Waals surface area contributed by atoms with Crippen molar-refractivity contribution in [1.82, 2.24) is 10.2 Å². The van der Waals surface area contributed by atoms with Gasteiger partial charge in [0.25, 0.3) is 0 Å². The van der Waals surface area contributed by atoms with Gasteiger partial charge in [-0.15, -0.1) is 12.4 Å². The van der Waals surface area contributed by atoms with Crippen LogP contribution in [0.5, 0.6) is 5.75 Å². The molecule has 1 aliphatic rings. The number of nitrogens with zero attached hydrogens (tertiary/aromatic N) is 1. The zero-order valence-electron chi connectivity index (χ0n) is 11.4. The minimum absolute atomic E-state index is 0. The van der Waals surface area contributed by atoms with E-state index in [0.29, 0.717) is 6.61 Å². The molecule has 5 heteroatoms. The Labute approximate surface area is 120 Å². The third kappa shape index (κ3) is 3.61. The van der Waals surface area contributed by atoms with E-state index in [-0.39, 0.29) is 24.2 Å². The number of rotatable bonds is 4. The van der Waals surface area contributed by atoms with E-state index in [9.17, 15) is 4.79 Å². The van der Waals surface area contributed by atoms with Gasteiger partial charge in [-0.1, -0.05) is 18.2 Å². The first-order chi connectivity index (χ1) is 8.74. The zero-order valence-corrected chi connectivity index (χ0v) is 12.2. The number of amides is 1. The Morgan fingerprint density at radius 2 is 2.21 bits per heavy atom. The van der Waals surface area contributed by atoms with E-state index in [1.54, 1.807) is 4.90 Å². The van der Waals surface area contributed by atoms with E-state index in [0.717, 1.165) is 30.8 Å². The van der Waals surface area contributed by atoms with E-state index < -0.39 is 0 Å². The van der Waals surface area contributed by atoms with Crippen molar-refractivity contribution in [1.29, 1.82) is 0 Å². The number of hydrogen-bond acceptors (Lipinski definition) is 3. The molecule has 0 spiro atoms. The summed E-state index contributed by atoms with van der Waals surface area (Å²) < 4.78 is 5.58. The highest BCUT2D eigenvalue weighted by Crippen LogP contribution is 2.34. The summed E-state index contributed by atoms with van der Waals surface area (Å²) >= 11 is 0. The number of hydrogen-bond donors (Lipinski definition) is 1. The van der Waals surface area contributed by atoms with Crippen LogP contribution in [0.2, 0.25) is 0 Å². The van der Waals surface area contributed by atoms with Crippen LogP contribution in [-0.2, 0) is 4.79 Å². The quantitative estimate of drug-likeness (QED) is 0.914. The summed E-state index contributed by atoms with van der Waals surface area (Å²) in [5.41, 5.74) is 1.02. The standard InChI is InChI=1S/C14H20N2O2.ClH/c1-15-8-9-16(2)14(17)12-7-10-18-13-6-4-3-5-11(12)13;/h3-6,12,15H,7-10H2,1-2H3;1H. The lowest BCUT2D eigenvalue weighted by Crippen LogP contribution is -2.37. The maximum absolute atomic E-state index is 12.4. The van der Waals surface area contributed by atoms with Gasteiger partial charge < -0.3 is 15.0 Å². The molecule has 0 radical (unpaired) electrons. The molecule has 4 nitrogen and oxygen atoms in total. The molecule has 1 N–H and O–H groups in total. The van der Waals surface area contributed by atoms with Crippen LogP contribution >= 0.6 is 12.4 Å². The minimum Gasteiger partial charge on any atom is -0.493 e. The molecule has 0 saturated carbocycles. The maximum Gasteiger partial charge on any atom is 0.230 e. The average molecular weight is 285 g/mol. The molecular weight excluding hydrogens is 264 g/mol. The molecule has 1 unspecified atom stereocenters. The molecule has 0 bridgehead atoms. The van der Waals surface area contributed by atoms with Gasteiger partial charge in [0.05, 0.1) is 12.5 Å². The van der Waals surface area contributed by atoms with E-state index in [4.69, 9.17) is 4.74 Å². The molecule has 1 amide bonds. The first kappa shape index (κ1) is 15.8. The van der Waals surface area contributed by atoms with E-state index in [1.165, 1.54) is 0 Å². The van der Waals surface area contributed by atoms with Gasteiger partial charge in [-0.05, 0) is 19.5 Å². The summed E-state index contributed by atoms with van der Waals surface area (Å²) in [6.07, 6.45) is 0.764. The van der Waals surface area contributed by atoms with Crippen LogP contribution in [0, 0.1) is 0 Å². The van der Waals surface area contributed by atoms with Crippen molar-refractivity contribution in [2.45, 2.75) is 12.3 Å². The van der Waals surface area contributed by atoms with Crippen LogP contribution in [0.25, 0.3) is 0 Å². The van der Waals surface area contributed by atoms with Crippen molar-refractivity contribution < 1.29 is 9.53 Å². The molecule has 1 aromatic carbocycles. The molecule has 0 fully saturated rings.